The lowest BCUT2D eigenvalue weighted by molar-refractivity contribution is 0.191. The highest BCUT2D eigenvalue weighted by molar-refractivity contribution is 7.60. The normalized spacial score (nSPS) is 17.5. The predicted octanol–water partition coefficient (Wildman–Crippen LogP) is 0.789. The van der Waals surface area contributed by atoms with Gasteiger partial charge in [-0.05, 0) is 6.92 Å². The molecule has 3 N–H and O–H groups in total. The highest BCUT2D eigenvalue weighted by atomic mass is 31.3. The zero-order valence-corrected chi connectivity index (χ0v) is 8.52. The van der Waals surface area contributed by atoms with Crippen LogP contribution in [-0.4, -0.2) is 21.3 Å². The van der Waals surface area contributed by atoms with Crippen LogP contribution in [0.2, 0.25) is 0 Å². The smallest absolute Gasteiger partial charge is 0.302 e. The van der Waals surface area contributed by atoms with Crippen LogP contribution in [0, 0.1) is 0 Å². The zero-order chi connectivity index (χ0) is 10.5. The highest BCUT2D eigenvalue weighted by Crippen LogP contribution is 2.57. The van der Waals surface area contributed by atoms with Crippen molar-refractivity contribution in [1.29, 1.82) is 0 Å². The van der Waals surface area contributed by atoms with Gasteiger partial charge in [0.2, 0.25) is 0 Å². The van der Waals surface area contributed by atoms with Gasteiger partial charge in [0, 0.05) is 0 Å². The number of phosphoric acid groups is 2. The monoisotopic (exact) mass is 232 g/mol. The van der Waals surface area contributed by atoms with Crippen LogP contribution in [0.15, 0.2) is 12.2 Å². The van der Waals surface area contributed by atoms with Crippen LogP contribution in [0.5, 0.6) is 0 Å². The van der Waals surface area contributed by atoms with Gasteiger partial charge in [-0.1, -0.05) is 12.2 Å². The van der Waals surface area contributed by atoms with Crippen molar-refractivity contribution in [3.63, 3.8) is 0 Å². The molecule has 0 fully saturated rings. The van der Waals surface area contributed by atoms with Gasteiger partial charge in [-0.3, -0.25) is 4.52 Å². The third-order valence-electron chi connectivity index (χ3n) is 0.779. The maximum Gasteiger partial charge on any atom is 0.481 e. The molecule has 0 bridgehead atoms. The molecule has 0 aliphatic heterocycles. The molecule has 0 aromatic carbocycles. The lowest BCUT2D eigenvalue weighted by Gasteiger charge is -2.10. The molecular formula is C4H10O7P2. The summed E-state index contributed by atoms with van der Waals surface area (Å²) >= 11 is 0. The molecule has 1 atom stereocenters. The van der Waals surface area contributed by atoms with Crippen molar-refractivity contribution in [2.24, 2.45) is 0 Å². The molecule has 0 saturated heterocycles. The highest BCUT2D eigenvalue weighted by Gasteiger charge is 2.31. The first-order chi connectivity index (χ1) is 5.77. The van der Waals surface area contributed by atoms with Crippen LogP contribution in [-0.2, 0) is 18.0 Å². The summed E-state index contributed by atoms with van der Waals surface area (Å²) in [5, 5.41) is 0. The molecule has 0 aromatic rings. The maximum atomic E-state index is 10.7. The first kappa shape index (κ1) is 13.0. The van der Waals surface area contributed by atoms with Crippen molar-refractivity contribution < 1.29 is 32.6 Å². The summed E-state index contributed by atoms with van der Waals surface area (Å²) in [6.45, 7) is 1.39. The second-order valence-corrected chi connectivity index (χ2v) is 4.74. The van der Waals surface area contributed by atoms with Crippen molar-refractivity contribution >= 4 is 15.6 Å². The molecule has 9 heteroatoms. The molecule has 1 unspecified atom stereocenters. The molecule has 0 aromatic heterocycles. The number of hydrogen-bond acceptors (Lipinski definition) is 4. The first-order valence-electron chi connectivity index (χ1n) is 3.12. The van der Waals surface area contributed by atoms with E-state index in [-0.39, 0.29) is 6.61 Å². The standard InChI is InChI=1S/C4H10O7P2/c1-2-3-4-10-13(8,9)11-12(5,6)7/h2-3H,4H2,1H3,(H,8,9)(H2,5,6,7). The number of allylic oxidation sites excluding steroid dienone is 1. The molecule has 78 valence electrons. The largest absolute Gasteiger partial charge is 0.481 e. The van der Waals surface area contributed by atoms with Gasteiger partial charge >= 0.3 is 15.6 Å². The summed E-state index contributed by atoms with van der Waals surface area (Å²) in [6, 6.07) is 0. The van der Waals surface area contributed by atoms with Crippen molar-refractivity contribution in [3.05, 3.63) is 12.2 Å². The van der Waals surface area contributed by atoms with E-state index in [2.05, 4.69) is 8.83 Å². The summed E-state index contributed by atoms with van der Waals surface area (Å²) in [7, 11) is -9.66. The minimum Gasteiger partial charge on any atom is -0.302 e. The van der Waals surface area contributed by atoms with Crippen LogP contribution >= 0.6 is 15.6 Å². The van der Waals surface area contributed by atoms with Crippen LogP contribution in [0.25, 0.3) is 0 Å². The number of phosphoric ester groups is 1. The Balaban J connectivity index is 4.10. The van der Waals surface area contributed by atoms with Gasteiger partial charge in [0.1, 0.15) is 0 Å². The predicted molar refractivity (Wildman–Crippen MR) is 43.7 cm³/mol. The Hall–Kier alpha value is -0.0000000000000000416. The fourth-order valence-electron chi connectivity index (χ4n) is 0.391. The molecule has 0 aliphatic carbocycles. The number of rotatable bonds is 5. The lowest BCUT2D eigenvalue weighted by atomic mass is 10.6. The lowest BCUT2D eigenvalue weighted by Crippen LogP contribution is -1.93. The number of hydrogen-bond donors (Lipinski definition) is 3. The van der Waals surface area contributed by atoms with E-state index in [1.54, 1.807) is 6.92 Å². The molecule has 7 nitrogen and oxygen atoms in total. The van der Waals surface area contributed by atoms with E-state index >= 15 is 0 Å². The average Bonchev–Trinajstić information content (AvgIpc) is 1.81. The summed E-state index contributed by atoms with van der Waals surface area (Å²) < 4.78 is 28.5. The van der Waals surface area contributed by atoms with E-state index in [4.69, 9.17) is 14.7 Å². The van der Waals surface area contributed by atoms with Crippen molar-refractivity contribution in [2.45, 2.75) is 6.92 Å². The van der Waals surface area contributed by atoms with E-state index in [0.29, 0.717) is 0 Å². The van der Waals surface area contributed by atoms with Gasteiger partial charge in [0.05, 0.1) is 6.61 Å². The maximum absolute atomic E-state index is 10.7. The zero-order valence-electron chi connectivity index (χ0n) is 6.73. The van der Waals surface area contributed by atoms with Gasteiger partial charge in [-0.15, -0.1) is 0 Å². The Morgan fingerprint density at radius 1 is 1.31 bits per heavy atom. The molecule has 0 rings (SSSR count). The summed E-state index contributed by atoms with van der Waals surface area (Å²) in [4.78, 5) is 25.0. The van der Waals surface area contributed by atoms with Crippen molar-refractivity contribution in [2.75, 3.05) is 6.61 Å². The van der Waals surface area contributed by atoms with Gasteiger partial charge in [-0.25, -0.2) is 9.13 Å². The van der Waals surface area contributed by atoms with Crippen LogP contribution < -0.4 is 0 Å². The molecule has 0 heterocycles. The Morgan fingerprint density at radius 2 is 1.85 bits per heavy atom. The van der Waals surface area contributed by atoms with E-state index in [0.717, 1.165) is 0 Å². The van der Waals surface area contributed by atoms with Crippen LogP contribution in [0.4, 0.5) is 0 Å². The van der Waals surface area contributed by atoms with Crippen LogP contribution in [0.3, 0.4) is 0 Å². The average molecular weight is 232 g/mol. The molecule has 0 aliphatic rings. The van der Waals surface area contributed by atoms with Gasteiger partial charge < -0.3 is 14.7 Å². The Morgan fingerprint density at radius 3 is 2.23 bits per heavy atom. The molecule has 0 saturated carbocycles. The SMILES string of the molecule is CC=CCOP(=O)(O)OP(=O)(O)O. The van der Waals surface area contributed by atoms with Gasteiger partial charge in [0.15, 0.2) is 0 Å². The second kappa shape index (κ2) is 5.02. The van der Waals surface area contributed by atoms with Crippen LogP contribution in [0.1, 0.15) is 6.92 Å². The van der Waals surface area contributed by atoms with Gasteiger partial charge in [0.25, 0.3) is 0 Å². The Labute approximate surface area is 74.9 Å². The van der Waals surface area contributed by atoms with Gasteiger partial charge in [-0.2, -0.15) is 4.31 Å². The topological polar surface area (TPSA) is 113 Å². The Kier molecular flexibility index (Phi) is 5.02. The third-order valence-corrected chi connectivity index (χ3v) is 2.93. The van der Waals surface area contributed by atoms with E-state index in [1.165, 1.54) is 12.2 Å². The summed E-state index contributed by atoms with van der Waals surface area (Å²) in [6.07, 6.45) is 2.92. The molecule has 13 heavy (non-hydrogen) atoms. The Bertz CT molecular complexity index is 266. The van der Waals surface area contributed by atoms with E-state index in [9.17, 15) is 9.13 Å². The fourth-order valence-corrected chi connectivity index (χ4v) is 1.93. The van der Waals surface area contributed by atoms with Crippen molar-refractivity contribution in [1.82, 2.24) is 0 Å². The summed E-state index contributed by atoms with van der Waals surface area (Å²) in [5.41, 5.74) is 0. The minimum absolute atomic E-state index is 0.260. The molecule has 0 spiro atoms. The van der Waals surface area contributed by atoms with E-state index < -0.39 is 15.6 Å². The molecule has 0 radical (unpaired) electrons. The second-order valence-electron chi connectivity index (χ2n) is 1.91. The quantitative estimate of drug-likeness (QED) is 0.474. The summed E-state index contributed by atoms with van der Waals surface area (Å²) in [5.74, 6) is 0. The first-order valence-corrected chi connectivity index (χ1v) is 6.15. The van der Waals surface area contributed by atoms with Crippen molar-refractivity contribution in [3.8, 4) is 0 Å². The third kappa shape index (κ3) is 8.33. The minimum atomic E-state index is -5.00. The molecular weight excluding hydrogens is 222 g/mol. The van der Waals surface area contributed by atoms with E-state index in [1.807, 2.05) is 0 Å². The molecule has 0 amide bonds. The fraction of sp³-hybridized carbons (Fsp3) is 0.500.